The highest BCUT2D eigenvalue weighted by molar-refractivity contribution is 5.92. The Kier molecular flexibility index (Phi) is 5.65. The van der Waals surface area contributed by atoms with Crippen molar-refractivity contribution in [3.63, 3.8) is 0 Å². The fourth-order valence-electron chi connectivity index (χ4n) is 3.42. The number of aromatic nitrogens is 3. The molecule has 1 aliphatic rings. The van der Waals surface area contributed by atoms with Crippen molar-refractivity contribution in [3.8, 4) is 0 Å². The molecular weight excluding hydrogens is 364 g/mol. The van der Waals surface area contributed by atoms with Gasteiger partial charge in [0.2, 0.25) is 5.95 Å². The number of nitrogens with zero attached hydrogens (tertiary/aromatic N) is 6. The number of amides is 1. The molecule has 148 valence electrons. The third-order valence-corrected chi connectivity index (χ3v) is 5.01. The summed E-state index contributed by atoms with van der Waals surface area (Å²) in [6.07, 6.45) is 3.45. The van der Waals surface area contributed by atoms with Crippen LogP contribution in [0.4, 0.5) is 11.8 Å². The van der Waals surface area contributed by atoms with Gasteiger partial charge in [0.1, 0.15) is 11.5 Å². The van der Waals surface area contributed by atoms with Gasteiger partial charge in [0.25, 0.3) is 5.91 Å². The number of carbonyl (C=O) groups excluding carboxylic acids is 1. The number of anilines is 2. The van der Waals surface area contributed by atoms with Crippen LogP contribution in [-0.4, -0.2) is 59.0 Å². The third kappa shape index (κ3) is 4.51. The van der Waals surface area contributed by atoms with Crippen LogP contribution in [0.1, 0.15) is 16.1 Å². The lowest BCUT2D eigenvalue weighted by atomic mass is 10.2. The molecule has 0 atom stereocenters. The predicted octanol–water partition coefficient (Wildman–Crippen LogP) is 2.47. The molecule has 1 amide bonds. The van der Waals surface area contributed by atoms with E-state index in [1.807, 2.05) is 53.2 Å². The van der Waals surface area contributed by atoms with Gasteiger partial charge in [0.05, 0.1) is 0 Å². The Balaban J connectivity index is 1.40. The first kappa shape index (κ1) is 18.9. The molecule has 0 spiro atoms. The van der Waals surface area contributed by atoms with Crippen molar-refractivity contribution in [2.24, 2.45) is 0 Å². The van der Waals surface area contributed by atoms with Gasteiger partial charge >= 0.3 is 0 Å². The predicted molar refractivity (Wildman–Crippen MR) is 113 cm³/mol. The van der Waals surface area contributed by atoms with Gasteiger partial charge in [-0.3, -0.25) is 4.79 Å². The Morgan fingerprint density at radius 3 is 2.41 bits per heavy atom. The number of rotatable bonds is 5. The number of carbonyl (C=O) groups is 1. The Morgan fingerprint density at radius 1 is 0.931 bits per heavy atom. The van der Waals surface area contributed by atoms with Gasteiger partial charge in [-0.2, -0.15) is 0 Å². The minimum atomic E-state index is -0.0533. The lowest BCUT2D eigenvalue weighted by Gasteiger charge is -2.35. The molecule has 0 N–H and O–H groups in total. The first-order valence-electron chi connectivity index (χ1n) is 9.74. The van der Waals surface area contributed by atoms with Crippen molar-refractivity contribution in [2.75, 3.05) is 43.0 Å². The Morgan fingerprint density at radius 2 is 1.69 bits per heavy atom. The van der Waals surface area contributed by atoms with Crippen molar-refractivity contribution in [3.05, 3.63) is 78.2 Å². The second-order valence-corrected chi connectivity index (χ2v) is 7.05. The van der Waals surface area contributed by atoms with E-state index < -0.39 is 0 Å². The van der Waals surface area contributed by atoms with E-state index >= 15 is 0 Å². The standard InChI is InChI=1S/C22H24N6O/c1-26(17-18-7-3-2-4-8-18)22-24-12-10-19(25-22)21(29)28-15-13-27(14-16-28)20-9-5-6-11-23-20/h2-12H,13-17H2,1H3. The zero-order chi connectivity index (χ0) is 20.1. The maximum atomic E-state index is 13.0. The Labute approximate surface area is 170 Å². The van der Waals surface area contributed by atoms with Crippen LogP contribution in [0.2, 0.25) is 0 Å². The summed E-state index contributed by atoms with van der Waals surface area (Å²) in [4.78, 5) is 32.2. The SMILES string of the molecule is CN(Cc1ccccc1)c1nccc(C(=O)N2CCN(c3ccccn3)CC2)n1. The van der Waals surface area contributed by atoms with Crippen LogP contribution in [0.15, 0.2) is 67.0 Å². The fraction of sp³-hybridized carbons (Fsp3) is 0.273. The minimum Gasteiger partial charge on any atom is -0.353 e. The van der Waals surface area contributed by atoms with Crippen molar-refractivity contribution in [2.45, 2.75) is 6.54 Å². The molecule has 3 aromatic rings. The van der Waals surface area contributed by atoms with E-state index in [4.69, 9.17) is 0 Å². The number of hydrogen-bond donors (Lipinski definition) is 0. The largest absolute Gasteiger partial charge is 0.353 e. The number of benzene rings is 1. The van der Waals surface area contributed by atoms with Gasteiger partial charge in [-0.05, 0) is 23.8 Å². The Hall–Kier alpha value is -3.48. The molecule has 1 fully saturated rings. The summed E-state index contributed by atoms with van der Waals surface area (Å²) in [6.45, 7) is 3.49. The molecule has 29 heavy (non-hydrogen) atoms. The normalized spacial score (nSPS) is 14.0. The van der Waals surface area contributed by atoms with Gasteiger partial charge in [-0.15, -0.1) is 0 Å². The molecule has 0 saturated carbocycles. The molecule has 1 aliphatic heterocycles. The minimum absolute atomic E-state index is 0.0533. The summed E-state index contributed by atoms with van der Waals surface area (Å²) >= 11 is 0. The maximum absolute atomic E-state index is 13.0. The molecule has 0 bridgehead atoms. The number of hydrogen-bond acceptors (Lipinski definition) is 6. The van der Waals surface area contributed by atoms with Crippen LogP contribution >= 0.6 is 0 Å². The Bertz CT molecular complexity index is 942. The monoisotopic (exact) mass is 388 g/mol. The van der Waals surface area contributed by atoms with Crippen LogP contribution in [0, 0.1) is 0 Å². The molecule has 0 radical (unpaired) electrons. The smallest absolute Gasteiger partial charge is 0.272 e. The molecule has 0 aliphatic carbocycles. The average Bonchev–Trinajstić information content (AvgIpc) is 2.80. The molecule has 7 heteroatoms. The first-order chi connectivity index (χ1) is 14.2. The van der Waals surface area contributed by atoms with E-state index in [1.54, 1.807) is 18.5 Å². The molecule has 7 nitrogen and oxygen atoms in total. The third-order valence-electron chi connectivity index (χ3n) is 5.01. The highest BCUT2D eigenvalue weighted by Gasteiger charge is 2.24. The van der Waals surface area contributed by atoms with Crippen molar-refractivity contribution in [1.82, 2.24) is 19.9 Å². The van der Waals surface area contributed by atoms with Gasteiger partial charge in [0.15, 0.2) is 0 Å². The second-order valence-electron chi connectivity index (χ2n) is 7.05. The van der Waals surface area contributed by atoms with Crippen LogP contribution in [-0.2, 0) is 6.54 Å². The van der Waals surface area contributed by atoms with Crippen LogP contribution in [0.25, 0.3) is 0 Å². The lowest BCUT2D eigenvalue weighted by molar-refractivity contribution is 0.0740. The number of pyridine rings is 1. The van der Waals surface area contributed by atoms with E-state index in [2.05, 4.69) is 32.0 Å². The topological polar surface area (TPSA) is 65.5 Å². The molecule has 1 aromatic carbocycles. The quantitative estimate of drug-likeness (QED) is 0.669. The van der Waals surface area contributed by atoms with E-state index in [1.165, 1.54) is 5.56 Å². The maximum Gasteiger partial charge on any atom is 0.272 e. The van der Waals surface area contributed by atoms with Gasteiger partial charge in [0, 0.05) is 52.2 Å². The zero-order valence-corrected chi connectivity index (χ0v) is 16.5. The van der Waals surface area contributed by atoms with Gasteiger partial charge in [-0.25, -0.2) is 15.0 Å². The molecule has 0 unspecified atom stereocenters. The summed E-state index contributed by atoms with van der Waals surface area (Å²) in [5.41, 5.74) is 1.60. The van der Waals surface area contributed by atoms with E-state index in [9.17, 15) is 4.79 Å². The second kappa shape index (κ2) is 8.68. The molecular formula is C22H24N6O. The fourth-order valence-corrected chi connectivity index (χ4v) is 3.42. The van der Waals surface area contributed by atoms with E-state index in [-0.39, 0.29) is 5.91 Å². The van der Waals surface area contributed by atoms with E-state index in [0.717, 1.165) is 18.9 Å². The summed E-state index contributed by atoms with van der Waals surface area (Å²) in [5, 5.41) is 0. The molecule has 3 heterocycles. The van der Waals surface area contributed by atoms with Crippen LogP contribution in [0.3, 0.4) is 0 Å². The summed E-state index contributed by atoms with van der Waals surface area (Å²) < 4.78 is 0. The first-order valence-corrected chi connectivity index (χ1v) is 9.74. The molecule has 2 aromatic heterocycles. The average molecular weight is 388 g/mol. The van der Waals surface area contributed by atoms with Crippen molar-refractivity contribution >= 4 is 17.7 Å². The van der Waals surface area contributed by atoms with Crippen LogP contribution < -0.4 is 9.80 Å². The van der Waals surface area contributed by atoms with Crippen molar-refractivity contribution < 1.29 is 4.79 Å². The highest BCUT2D eigenvalue weighted by Crippen LogP contribution is 2.15. The highest BCUT2D eigenvalue weighted by atomic mass is 16.2. The number of piperazine rings is 1. The summed E-state index contributed by atoms with van der Waals surface area (Å²) in [6, 6.07) is 17.7. The van der Waals surface area contributed by atoms with Crippen molar-refractivity contribution in [1.29, 1.82) is 0 Å². The summed E-state index contributed by atoms with van der Waals surface area (Å²) in [5.74, 6) is 1.45. The van der Waals surface area contributed by atoms with Gasteiger partial charge in [-0.1, -0.05) is 36.4 Å². The molecule has 4 rings (SSSR count). The molecule has 1 saturated heterocycles. The van der Waals surface area contributed by atoms with E-state index in [0.29, 0.717) is 31.3 Å². The van der Waals surface area contributed by atoms with Crippen LogP contribution in [0.5, 0.6) is 0 Å². The zero-order valence-electron chi connectivity index (χ0n) is 16.5. The lowest BCUT2D eigenvalue weighted by Crippen LogP contribution is -2.49. The summed E-state index contributed by atoms with van der Waals surface area (Å²) in [7, 11) is 1.93. The van der Waals surface area contributed by atoms with Gasteiger partial charge < -0.3 is 14.7 Å².